The van der Waals surface area contributed by atoms with Gasteiger partial charge in [0.1, 0.15) is 0 Å². The van der Waals surface area contributed by atoms with E-state index in [2.05, 4.69) is 27.0 Å². The molecular formula is C12H17ClN4. The van der Waals surface area contributed by atoms with Gasteiger partial charge in [-0.1, -0.05) is 18.0 Å². The van der Waals surface area contributed by atoms with Crippen molar-refractivity contribution in [2.45, 2.75) is 31.3 Å². The van der Waals surface area contributed by atoms with Gasteiger partial charge in [0.05, 0.1) is 0 Å². The first-order valence-corrected chi connectivity index (χ1v) is 6.58. The van der Waals surface area contributed by atoms with Gasteiger partial charge in [-0.25, -0.2) is 0 Å². The fourth-order valence-electron chi connectivity index (χ4n) is 2.98. The normalized spacial score (nSPS) is 29.4. The number of piperazine rings is 1. The van der Waals surface area contributed by atoms with E-state index in [1.807, 2.05) is 12.1 Å². The molecule has 0 amide bonds. The zero-order valence-corrected chi connectivity index (χ0v) is 10.8. The van der Waals surface area contributed by atoms with Crippen molar-refractivity contribution in [3.05, 3.63) is 17.3 Å². The lowest BCUT2D eigenvalue weighted by molar-refractivity contribution is 0.0946. The lowest BCUT2D eigenvalue weighted by atomic mass is 9.92. The summed E-state index contributed by atoms with van der Waals surface area (Å²) in [4.78, 5) is 4.88. The molecule has 3 rings (SSSR count). The van der Waals surface area contributed by atoms with E-state index >= 15 is 0 Å². The number of rotatable bonds is 1. The molecule has 17 heavy (non-hydrogen) atoms. The highest BCUT2D eigenvalue weighted by Crippen LogP contribution is 2.29. The second kappa shape index (κ2) is 4.42. The van der Waals surface area contributed by atoms with Crippen molar-refractivity contribution in [3.63, 3.8) is 0 Å². The molecule has 0 aromatic carbocycles. The number of nitrogens with zero attached hydrogens (tertiary/aromatic N) is 4. The molecule has 2 aliphatic rings. The standard InChI is InChI=1S/C12H17ClN4/c1-16-9-3-2-4-10(16)8-17(7-9)12-6-5-11(13)14-15-12/h5-6,9-10H,2-4,7-8H2,1H3. The number of halogens is 1. The number of anilines is 1. The molecule has 3 heterocycles. The maximum atomic E-state index is 5.77. The molecule has 0 spiro atoms. The molecule has 0 saturated carbocycles. The highest BCUT2D eigenvalue weighted by molar-refractivity contribution is 6.29. The lowest BCUT2D eigenvalue weighted by Gasteiger charge is -2.48. The fourth-order valence-corrected chi connectivity index (χ4v) is 3.08. The minimum Gasteiger partial charge on any atom is -0.352 e. The number of aromatic nitrogens is 2. The predicted molar refractivity (Wildman–Crippen MR) is 68.4 cm³/mol. The first-order chi connectivity index (χ1) is 8.24. The van der Waals surface area contributed by atoms with E-state index in [1.165, 1.54) is 19.3 Å². The molecule has 0 radical (unpaired) electrons. The van der Waals surface area contributed by atoms with Crippen molar-refractivity contribution in [1.29, 1.82) is 0 Å². The van der Waals surface area contributed by atoms with E-state index in [9.17, 15) is 0 Å². The second-order valence-corrected chi connectivity index (χ2v) is 5.41. The molecule has 2 fully saturated rings. The third-order valence-corrected chi connectivity index (χ3v) is 4.23. The van der Waals surface area contributed by atoms with Crippen molar-refractivity contribution < 1.29 is 0 Å². The Kier molecular flexibility index (Phi) is 2.92. The van der Waals surface area contributed by atoms with Gasteiger partial charge >= 0.3 is 0 Å². The van der Waals surface area contributed by atoms with Crippen LogP contribution in [0.4, 0.5) is 5.82 Å². The van der Waals surface area contributed by atoms with E-state index in [0.29, 0.717) is 17.2 Å². The zero-order valence-electron chi connectivity index (χ0n) is 10.0. The van der Waals surface area contributed by atoms with Crippen molar-refractivity contribution in [1.82, 2.24) is 15.1 Å². The Bertz CT molecular complexity index is 380. The van der Waals surface area contributed by atoms with Gasteiger partial charge in [-0.15, -0.1) is 10.2 Å². The van der Waals surface area contributed by atoms with Crippen LogP contribution in [-0.4, -0.2) is 47.3 Å². The van der Waals surface area contributed by atoms with Gasteiger partial charge in [0.15, 0.2) is 11.0 Å². The highest BCUT2D eigenvalue weighted by Gasteiger charge is 2.35. The molecule has 2 saturated heterocycles. The summed E-state index contributed by atoms with van der Waals surface area (Å²) in [5, 5.41) is 8.57. The third kappa shape index (κ3) is 2.11. The Balaban J connectivity index is 1.79. The van der Waals surface area contributed by atoms with E-state index in [1.54, 1.807) is 0 Å². The van der Waals surface area contributed by atoms with Crippen LogP contribution in [0.25, 0.3) is 0 Å². The predicted octanol–water partition coefficient (Wildman–Crippen LogP) is 1.80. The average molecular weight is 253 g/mol. The summed E-state index contributed by atoms with van der Waals surface area (Å²) in [7, 11) is 2.25. The van der Waals surface area contributed by atoms with Crippen LogP contribution in [0, 0.1) is 0 Å². The summed E-state index contributed by atoms with van der Waals surface area (Å²) in [5.41, 5.74) is 0. The average Bonchev–Trinajstić information content (AvgIpc) is 2.30. The van der Waals surface area contributed by atoms with Crippen molar-refractivity contribution >= 4 is 17.4 Å². The SMILES string of the molecule is CN1C2CCCC1CN(c1ccc(Cl)nn1)C2. The Morgan fingerprint density at radius 3 is 2.47 bits per heavy atom. The summed E-state index contributed by atoms with van der Waals surface area (Å²) >= 11 is 5.77. The van der Waals surface area contributed by atoms with Gasteiger partial charge in [0.25, 0.3) is 0 Å². The molecule has 5 heteroatoms. The molecule has 1 aromatic heterocycles. The van der Waals surface area contributed by atoms with Crippen molar-refractivity contribution in [3.8, 4) is 0 Å². The maximum Gasteiger partial charge on any atom is 0.151 e. The monoisotopic (exact) mass is 252 g/mol. The Labute approximate surface area is 107 Å². The zero-order chi connectivity index (χ0) is 11.8. The molecule has 0 N–H and O–H groups in total. The molecular weight excluding hydrogens is 236 g/mol. The third-order valence-electron chi connectivity index (χ3n) is 4.03. The fraction of sp³-hybridized carbons (Fsp3) is 0.667. The lowest BCUT2D eigenvalue weighted by Crippen LogP contribution is -2.59. The van der Waals surface area contributed by atoms with E-state index < -0.39 is 0 Å². The summed E-state index contributed by atoms with van der Waals surface area (Å²) in [6.07, 6.45) is 3.95. The van der Waals surface area contributed by atoms with Gasteiger partial charge in [-0.3, -0.25) is 4.90 Å². The van der Waals surface area contributed by atoms with Gasteiger partial charge in [0.2, 0.25) is 0 Å². The van der Waals surface area contributed by atoms with Gasteiger partial charge in [0, 0.05) is 25.2 Å². The molecule has 2 atom stereocenters. The van der Waals surface area contributed by atoms with Gasteiger partial charge in [-0.05, 0) is 32.0 Å². The summed E-state index contributed by atoms with van der Waals surface area (Å²) in [6.45, 7) is 2.12. The minimum atomic E-state index is 0.461. The van der Waals surface area contributed by atoms with Crippen molar-refractivity contribution in [2.24, 2.45) is 0 Å². The van der Waals surface area contributed by atoms with Crippen LogP contribution in [0.2, 0.25) is 5.15 Å². The van der Waals surface area contributed by atoms with E-state index in [4.69, 9.17) is 11.6 Å². The van der Waals surface area contributed by atoms with Gasteiger partial charge < -0.3 is 4.90 Å². The molecule has 2 bridgehead atoms. The largest absolute Gasteiger partial charge is 0.352 e. The van der Waals surface area contributed by atoms with Crippen LogP contribution in [0.5, 0.6) is 0 Å². The number of hydrogen-bond acceptors (Lipinski definition) is 4. The molecule has 2 unspecified atom stereocenters. The van der Waals surface area contributed by atoms with Crippen LogP contribution in [0.3, 0.4) is 0 Å². The number of likely N-dealkylation sites (N-methyl/N-ethyl adjacent to an activating group) is 1. The van der Waals surface area contributed by atoms with Crippen LogP contribution >= 0.6 is 11.6 Å². The summed E-state index contributed by atoms with van der Waals surface area (Å²) in [5.74, 6) is 0.958. The van der Waals surface area contributed by atoms with E-state index in [-0.39, 0.29) is 0 Å². The molecule has 2 aliphatic heterocycles. The molecule has 92 valence electrons. The number of fused-ring (bicyclic) bond motifs is 2. The Morgan fingerprint density at radius 1 is 1.18 bits per heavy atom. The van der Waals surface area contributed by atoms with Crippen LogP contribution in [0.1, 0.15) is 19.3 Å². The highest BCUT2D eigenvalue weighted by atomic mass is 35.5. The molecule has 1 aromatic rings. The van der Waals surface area contributed by atoms with Crippen molar-refractivity contribution in [2.75, 3.05) is 25.0 Å². The molecule has 4 nitrogen and oxygen atoms in total. The minimum absolute atomic E-state index is 0.461. The Morgan fingerprint density at radius 2 is 1.88 bits per heavy atom. The second-order valence-electron chi connectivity index (χ2n) is 5.02. The van der Waals surface area contributed by atoms with Crippen LogP contribution in [-0.2, 0) is 0 Å². The maximum absolute atomic E-state index is 5.77. The first-order valence-electron chi connectivity index (χ1n) is 6.20. The van der Waals surface area contributed by atoms with Crippen LogP contribution < -0.4 is 4.90 Å². The quantitative estimate of drug-likeness (QED) is 0.763. The summed E-state index contributed by atoms with van der Waals surface area (Å²) in [6, 6.07) is 5.12. The van der Waals surface area contributed by atoms with Gasteiger partial charge in [-0.2, -0.15) is 0 Å². The Hall–Kier alpha value is -0.870. The number of piperidine rings is 1. The molecule has 0 aliphatic carbocycles. The topological polar surface area (TPSA) is 32.3 Å². The van der Waals surface area contributed by atoms with E-state index in [0.717, 1.165) is 18.9 Å². The first kappa shape index (κ1) is 11.2. The summed E-state index contributed by atoms with van der Waals surface area (Å²) < 4.78 is 0. The van der Waals surface area contributed by atoms with Crippen LogP contribution in [0.15, 0.2) is 12.1 Å². The number of hydrogen-bond donors (Lipinski definition) is 0. The smallest absolute Gasteiger partial charge is 0.151 e.